The van der Waals surface area contributed by atoms with Crippen LogP contribution in [-0.2, 0) is 6.42 Å². The first-order valence-corrected chi connectivity index (χ1v) is 6.00. The van der Waals surface area contributed by atoms with Crippen molar-refractivity contribution in [1.82, 2.24) is 4.98 Å². The zero-order chi connectivity index (χ0) is 13.0. The molecule has 1 aromatic carbocycles. The van der Waals surface area contributed by atoms with E-state index in [2.05, 4.69) is 36.2 Å². The third-order valence-electron chi connectivity index (χ3n) is 2.97. The highest BCUT2D eigenvalue weighted by Crippen LogP contribution is 2.23. The van der Waals surface area contributed by atoms with Gasteiger partial charge in [0.15, 0.2) is 0 Å². The Hall–Kier alpha value is -1.87. The highest BCUT2D eigenvalue weighted by molar-refractivity contribution is 5.31. The lowest BCUT2D eigenvalue weighted by molar-refractivity contribution is 0.388. The van der Waals surface area contributed by atoms with E-state index in [1.165, 1.54) is 11.1 Å². The minimum Gasteiger partial charge on any atom is -0.481 e. The second kappa shape index (κ2) is 5.65. The van der Waals surface area contributed by atoms with E-state index in [-0.39, 0.29) is 6.04 Å². The smallest absolute Gasteiger partial charge is 0.217 e. The number of aromatic nitrogens is 1. The molecule has 0 saturated carbocycles. The van der Waals surface area contributed by atoms with E-state index >= 15 is 0 Å². The minimum atomic E-state index is -0.101. The van der Waals surface area contributed by atoms with Gasteiger partial charge in [-0.2, -0.15) is 0 Å². The Balaban J connectivity index is 2.16. The second-order valence-electron chi connectivity index (χ2n) is 4.40. The van der Waals surface area contributed by atoms with Crippen molar-refractivity contribution in [3.8, 4) is 5.88 Å². The lowest BCUT2D eigenvalue weighted by Crippen LogP contribution is -2.15. The molecule has 0 aliphatic rings. The number of benzene rings is 1. The first kappa shape index (κ1) is 12.6. The number of rotatable bonds is 4. The van der Waals surface area contributed by atoms with E-state index in [0.29, 0.717) is 5.88 Å². The molecule has 3 nitrogen and oxygen atoms in total. The van der Waals surface area contributed by atoms with E-state index in [0.717, 1.165) is 12.0 Å². The quantitative estimate of drug-likeness (QED) is 0.896. The molecule has 3 heteroatoms. The van der Waals surface area contributed by atoms with Crippen molar-refractivity contribution in [1.29, 1.82) is 0 Å². The largest absolute Gasteiger partial charge is 0.481 e. The molecule has 2 aromatic rings. The van der Waals surface area contributed by atoms with E-state index in [1.807, 2.05) is 12.1 Å². The second-order valence-corrected chi connectivity index (χ2v) is 4.40. The number of ether oxygens (including phenoxy) is 1. The van der Waals surface area contributed by atoms with Crippen LogP contribution in [0.4, 0.5) is 0 Å². The minimum absolute atomic E-state index is 0.101. The van der Waals surface area contributed by atoms with Gasteiger partial charge in [-0.3, -0.25) is 0 Å². The standard InChI is InChI=1S/C15H18N2O/c1-11-5-7-12(8-6-11)10-14(16)13-4-3-9-17-15(13)18-2/h3-9,14H,10,16H2,1-2H3. The monoisotopic (exact) mass is 242 g/mol. The number of nitrogens with two attached hydrogens (primary N) is 1. The van der Waals surface area contributed by atoms with Crippen LogP contribution in [0, 0.1) is 6.92 Å². The first-order valence-electron chi connectivity index (χ1n) is 6.00. The molecule has 0 amide bonds. The van der Waals surface area contributed by atoms with Gasteiger partial charge < -0.3 is 10.5 Å². The molecule has 94 valence electrons. The molecule has 0 saturated heterocycles. The third-order valence-corrected chi connectivity index (χ3v) is 2.97. The lowest BCUT2D eigenvalue weighted by Gasteiger charge is -2.14. The summed E-state index contributed by atoms with van der Waals surface area (Å²) >= 11 is 0. The fourth-order valence-corrected chi connectivity index (χ4v) is 1.94. The summed E-state index contributed by atoms with van der Waals surface area (Å²) in [5, 5.41) is 0. The van der Waals surface area contributed by atoms with E-state index in [1.54, 1.807) is 13.3 Å². The highest BCUT2D eigenvalue weighted by atomic mass is 16.5. The highest BCUT2D eigenvalue weighted by Gasteiger charge is 2.12. The molecule has 0 bridgehead atoms. The van der Waals surface area contributed by atoms with Crippen LogP contribution in [0.2, 0.25) is 0 Å². The van der Waals surface area contributed by atoms with Crippen LogP contribution in [0.1, 0.15) is 22.7 Å². The van der Waals surface area contributed by atoms with Crippen LogP contribution in [0.3, 0.4) is 0 Å². The fraction of sp³-hybridized carbons (Fsp3) is 0.267. The van der Waals surface area contributed by atoms with E-state index in [9.17, 15) is 0 Å². The van der Waals surface area contributed by atoms with Crippen LogP contribution in [-0.4, -0.2) is 12.1 Å². The van der Waals surface area contributed by atoms with Crippen LogP contribution < -0.4 is 10.5 Å². The zero-order valence-electron chi connectivity index (χ0n) is 10.8. The molecule has 0 radical (unpaired) electrons. The molecule has 2 rings (SSSR count). The summed E-state index contributed by atoms with van der Waals surface area (Å²) in [6.45, 7) is 2.08. The molecule has 0 aliphatic carbocycles. The predicted octanol–water partition coefficient (Wildman–Crippen LogP) is 2.64. The summed E-state index contributed by atoms with van der Waals surface area (Å²) in [5.74, 6) is 0.608. The predicted molar refractivity (Wildman–Crippen MR) is 72.6 cm³/mol. The number of methoxy groups -OCH3 is 1. The van der Waals surface area contributed by atoms with Crippen molar-refractivity contribution in [2.24, 2.45) is 5.73 Å². The molecular formula is C15H18N2O. The Labute approximate surface area is 108 Å². The molecule has 0 fully saturated rings. The Morgan fingerprint density at radius 3 is 2.61 bits per heavy atom. The Bertz CT molecular complexity index is 508. The Morgan fingerprint density at radius 1 is 1.22 bits per heavy atom. The summed E-state index contributed by atoms with van der Waals surface area (Å²) in [4.78, 5) is 4.17. The maximum Gasteiger partial charge on any atom is 0.217 e. The van der Waals surface area contributed by atoms with Crippen molar-refractivity contribution >= 4 is 0 Å². The van der Waals surface area contributed by atoms with Crippen molar-refractivity contribution in [2.45, 2.75) is 19.4 Å². The molecule has 0 spiro atoms. The summed E-state index contributed by atoms with van der Waals surface area (Å²) < 4.78 is 5.23. The van der Waals surface area contributed by atoms with Gasteiger partial charge in [0.25, 0.3) is 0 Å². The van der Waals surface area contributed by atoms with Crippen molar-refractivity contribution < 1.29 is 4.74 Å². The average molecular weight is 242 g/mol. The molecule has 18 heavy (non-hydrogen) atoms. The first-order chi connectivity index (χ1) is 8.70. The Morgan fingerprint density at radius 2 is 1.94 bits per heavy atom. The van der Waals surface area contributed by atoms with Gasteiger partial charge in [-0.05, 0) is 25.0 Å². The van der Waals surface area contributed by atoms with Gasteiger partial charge in [0, 0.05) is 17.8 Å². The number of nitrogens with zero attached hydrogens (tertiary/aromatic N) is 1. The molecule has 1 unspecified atom stereocenters. The van der Waals surface area contributed by atoms with Gasteiger partial charge in [0.2, 0.25) is 5.88 Å². The van der Waals surface area contributed by atoms with Crippen LogP contribution in [0.5, 0.6) is 5.88 Å². The van der Waals surface area contributed by atoms with Crippen LogP contribution in [0.25, 0.3) is 0 Å². The summed E-state index contributed by atoms with van der Waals surface area (Å²) in [6.07, 6.45) is 2.49. The number of hydrogen-bond donors (Lipinski definition) is 1. The zero-order valence-corrected chi connectivity index (χ0v) is 10.8. The van der Waals surface area contributed by atoms with Gasteiger partial charge >= 0.3 is 0 Å². The summed E-state index contributed by atoms with van der Waals surface area (Å²) in [5.41, 5.74) is 9.64. The molecule has 1 aromatic heterocycles. The van der Waals surface area contributed by atoms with Crippen molar-refractivity contribution in [2.75, 3.05) is 7.11 Å². The lowest BCUT2D eigenvalue weighted by atomic mass is 10.00. The summed E-state index contributed by atoms with van der Waals surface area (Å²) in [6, 6.07) is 12.2. The molecule has 1 heterocycles. The van der Waals surface area contributed by atoms with Gasteiger partial charge in [-0.1, -0.05) is 35.9 Å². The maximum atomic E-state index is 6.22. The molecule has 2 N–H and O–H groups in total. The number of pyridine rings is 1. The molecular weight excluding hydrogens is 224 g/mol. The SMILES string of the molecule is COc1ncccc1C(N)Cc1ccc(C)cc1. The number of hydrogen-bond acceptors (Lipinski definition) is 3. The molecule has 0 aliphatic heterocycles. The third kappa shape index (κ3) is 2.87. The maximum absolute atomic E-state index is 6.22. The van der Waals surface area contributed by atoms with Gasteiger partial charge in [0.05, 0.1) is 7.11 Å². The van der Waals surface area contributed by atoms with Crippen molar-refractivity contribution in [3.63, 3.8) is 0 Å². The van der Waals surface area contributed by atoms with E-state index in [4.69, 9.17) is 10.5 Å². The summed E-state index contributed by atoms with van der Waals surface area (Å²) in [7, 11) is 1.62. The molecule has 1 atom stereocenters. The number of aryl methyl sites for hydroxylation is 1. The fourth-order valence-electron chi connectivity index (χ4n) is 1.94. The van der Waals surface area contributed by atoms with Crippen molar-refractivity contribution in [3.05, 3.63) is 59.3 Å². The normalized spacial score (nSPS) is 12.2. The topological polar surface area (TPSA) is 48.1 Å². The van der Waals surface area contributed by atoms with Gasteiger partial charge in [0.1, 0.15) is 0 Å². The van der Waals surface area contributed by atoms with Gasteiger partial charge in [-0.15, -0.1) is 0 Å². The van der Waals surface area contributed by atoms with E-state index < -0.39 is 0 Å². The van der Waals surface area contributed by atoms with Crippen LogP contribution >= 0.6 is 0 Å². The average Bonchev–Trinajstić information content (AvgIpc) is 2.41. The van der Waals surface area contributed by atoms with Crippen LogP contribution in [0.15, 0.2) is 42.6 Å². The Kier molecular flexibility index (Phi) is 3.95. The van der Waals surface area contributed by atoms with Gasteiger partial charge in [-0.25, -0.2) is 4.98 Å².